The molecule has 0 bridgehead atoms. The first-order chi connectivity index (χ1) is 26.8. The van der Waals surface area contributed by atoms with Gasteiger partial charge in [0.1, 0.15) is 11.2 Å². The van der Waals surface area contributed by atoms with E-state index < -0.39 is 0 Å². The maximum absolute atomic E-state index is 5.35. The molecule has 1 aliphatic carbocycles. The Hall–Kier alpha value is -7.24. The van der Waals surface area contributed by atoms with Gasteiger partial charge in [0.25, 0.3) is 0 Å². The molecule has 0 spiro atoms. The maximum atomic E-state index is 5.35. The van der Waals surface area contributed by atoms with Crippen LogP contribution in [0.4, 0.5) is 0 Å². The summed E-state index contributed by atoms with van der Waals surface area (Å²) in [6.45, 7) is 0. The molecule has 252 valence electrons. The van der Waals surface area contributed by atoms with E-state index in [0.717, 1.165) is 57.0 Å². The molecule has 11 aromatic rings. The summed E-state index contributed by atoms with van der Waals surface area (Å²) in [5.74, 6) is 0. The van der Waals surface area contributed by atoms with E-state index in [4.69, 9.17) is 9.97 Å². The fourth-order valence-electron chi connectivity index (χ4n) is 8.90. The van der Waals surface area contributed by atoms with E-state index in [2.05, 4.69) is 171 Å². The largest absolute Gasteiger partial charge is 0.309 e. The van der Waals surface area contributed by atoms with Crippen LogP contribution < -0.4 is 0 Å². The van der Waals surface area contributed by atoms with Crippen LogP contribution in [0.15, 0.2) is 170 Å². The molecule has 54 heavy (non-hydrogen) atoms. The fourth-order valence-corrected chi connectivity index (χ4v) is 8.90. The summed E-state index contributed by atoms with van der Waals surface area (Å²) in [6, 6.07) is 57.0. The highest BCUT2D eigenvalue weighted by atomic mass is 15.1. The molecule has 0 radical (unpaired) electrons. The summed E-state index contributed by atoms with van der Waals surface area (Å²) in [4.78, 5) is 10.3. The topological polar surface area (TPSA) is 40.0 Å². The van der Waals surface area contributed by atoms with E-state index in [1.807, 2.05) is 18.2 Å². The van der Waals surface area contributed by atoms with Gasteiger partial charge in [0.15, 0.2) is 5.65 Å². The second-order valence-electron chi connectivity index (χ2n) is 14.2. The molecule has 0 aliphatic heterocycles. The van der Waals surface area contributed by atoms with E-state index in [9.17, 15) is 0 Å². The molecule has 0 saturated heterocycles. The highest BCUT2D eigenvalue weighted by Gasteiger charge is 2.22. The number of imidazole rings is 1. The van der Waals surface area contributed by atoms with E-state index in [1.54, 1.807) is 0 Å². The molecule has 0 amide bonds. The van der Waals surface area contributed by atoms with Crippen molar-refractivity contribution in [2.45, 2.75) is 6.42 Å². The monoisotopic (exact) mass is 689 g/mol. The van der Waals surface area contributed by atoms with Crippen LogP contribution in [0, 0.1) is 0 Å². The van der Waals surface area contributed by atoms with Crippen LogP contribution in [-0.4, -0.2) is 23.5 Å². The van der Waals surface area contributed by atoms with Crippen molar-refractivity contribution in [2.24, 2.45) is 0 Å². The Balaban J connectivity index is 1.13. The van der Waals surface area contributed by atoms with Crippen molar-refractivity contribution >= 4 is 66.5 Å². The Labute approximate surface area is 310 Å². The number of benzene rings is 6. The van der Waals surface area contributed by atoms with Gasteiger partial charge in [-0.25, -0.2) is 9.97 Å². The number of fused-ring (bicyclic) bond motifs is 11. The molecule has 0 N–H and O–H groups in total. The SMILES string of the molecule is C1=Cc2c(c(-c3cccc(-c4cc(-n5c6ccccc6c6ccccc65)cc(-n5c6ccccc6c6ccccc65)c4)c3)nc3c2nc2ccccn23)C1. The van der Waals surface area contributed by atoms with Gasteiger partial charge in [-0.2, -0.15) is 0 Å². The fraction of sp³-hybridized carbons (Fsp3) is 0.0204. The minimum atomic E-state index is 0.840. The lowest BCUT2D eigenvalue weighted by molar-refractivity contribution is 1.13. The van der Waals surface area contributed by atoms with Crippen molar-refractivity contribution in [3.8, 4) is 33.8 Å². The van der Waals surface area contributed by atoms with Crippen LogP contribution in [0.1, 0.15) is 11.1 Å². The first kappa shape index (κ1) is 29.3. The number of aromatic nitrogens is 5. The second-order valence-corrected chi connectivity index (χ2v) is 14.2. The molecular weight excluding hydrogens is 659 g/mol. The van der Waals surface area contributed by atoms with Crippen molar-refractivity contribution in [3.05, 3.63) is 181 Å². The Morgan fingerprint density at radius 3 is 1.63 bits per heavy atom. The Morgan fingerprint density at radius 1 is 0.463 bits per heavy atom. The molecule has 5 aromatic heterocycles. The van der Waals surface area contributed by atoms with Crippen LogP contribution in [0.5, 0.6) is 0 Å². The van der Waals surface area contributed by atoms with Crippen molar-refractivity contribution < 1.29 is 0 Å². The van der Waals surface area contributed by atoms with E-state index in [0.29, 0.717) is 0 Å². The molecular formula is C49H31N5. The van der Waals surface area contributed by atoms with Gasteiger partial charge in [-0.1, -0.05) is 109 Å². The molecule has 0 saturated carbocycles. The first-order valence-corrected chi connectivity index (χ1v) is 18.5. The maximum Gasteiger partial charge on any atom is 0.165 e. The molecule has 0 unspecified atom stereocenters. The van der Waals surface area contributed by atoms with Crippen LogP contribution >= 0.6 is 0 Å². The average Bonchev–Trinajstić information content (AvgIpc) is 4.01. The van der Waals surface area contributed by atoms with Gasteiger partial charge >= 0.3 is 0 Å². The molecule has 0 atom stereocenters. The Morgan fingerprint density at radius 2 is 1.02 bits per heavy atom. The normalized spacial score (nSPS) is 12.7. The summed E-state index contributed by atoms with van der Waals surface area (Å²) in [5.41, 5.74) is 16.5. The van der Waals surface area contributed by atoms with Gasteiger partial charge in [0.2, 0.25) is 0 Å². The lowest BCUT2D eigenvalue weighted by Crippen LogP contribution is -2.00. The summed E-state index contributed by atoms with van der Waals surface area (Å²) in [6.07, 6.45) is 7.34. The van der Waals surface area contributed by atoms with Gasteiger partial charge < -0.3 is 9.13 Å². The van der Waals surface area contributed by atoms with Gasteiger partial charge in [-0.15, -0.1) is 0 Å². The summed E-state index contributed by atoms with van der Waals surface area (Å²) < 4.78 is 6.95. The number of rotatable bonds is 4. The zero-order valence-corrected chi connectivity index (χ0v) is 29.2. The molecule has 5 nitrogen and oxygen atoms in total. The van der Waals surface area contributed by atoms with Crippen LogP contribution in [0.25, 0.3) is 100 Å². The summed E-state index contributed by atoms with van der Waals surface area (Å²) >= 11 is 0. The molecule has 0 fully saturated rings. The van der Waals surface area contributed by atoms with Gasteiger partial charge in [0.05, 0.1) is 27.8 Å². The summed E-state index contributed by atoms with van der Waals surface area (Å²) in [7, 11) is 0. The minimum absolute atomic E-state index is 0.840. The number of pyridine rings is 2. The van der Waals surface area contributed by atoms with Crippen LogP contribution in [0.3, 0.4) is 0 Å². The minimum Gasteiger partial charge on any atom is -0.309 e. The van der Waals surface area contributed by atoms with E-state index >= 15 is 0 Å². The van der Waals surface area contributed by atoms with E-state index in [-0.39, 0.29) is 0 Å². The molecule has 1 aliphatic rings. The number of hydrogen-bond donors (Lipinski definition) is 0. The molecule has 5 heteroatoms. The van der Waals surface area contributed by atoms with Crippen LogP contribution in [0.2, 0.25) is 0 Å². The zero-order valence-electron chi connectivity index (χ0n) is 29.2. The third kappa shape index (κ3) is 4.15. The van der Waals surface area contributed by atoms with Crippen molar-refractivity contribution in [1.29, 1.82) is 0 Å². The van der Waals surface area contributed by atoms with Crippen molar-refractivity contribution in [2.75, 3.05) is 0 Å². The number of allylic oxidation sites excluding steroid dienone is 1. The standard InChI is InChI=1S/C49H31N5/c1-5-21-42-36(15-1)37-16-2-6-22-43(37)53(42)34-28-33(29-35(30-34)54-44-23-7-3-17-38(44)39-18-4-8-24-45(39)54)31-13-11-14-32(27-31)47-40-19-12-20-41(40)48-49(51-47)52-26-10-9-25-46(52)50-48/h1-18,20-30H,19H2. The lowest BCUT2D eigenvalue weighted by Gasteiger charge is -2.16. The predicted octanol–water partition coefficient (Wildman–Crippen LogP) is 12.0. The predicted molar refractivity (Wildman–Crippen MR) is 223 cm³/mol. The number of nitrogens with zero attached hydrogens (tertiary/aromatic N) is 5. The number of para-hydroxylation sites is 4. The molecule has 6 aromatic carbocycles. The Bertz CT molecular complexity index is 3130. The summed E-state index contributed by atoms with van der Waals surface area (Å²) in [5, 5.41) is 4.98. The highest BCUT2D eigenvalue weighted by molar-refractivity contribution is 6.10. The smallest absolute Gasteiger partial charge is 0.165 e. The average molecular weight is 690 g/mol. The quantitative estimate of drug-likeness (QED) is 0.185. The first-order valence-electron chi connectivity index (χ1n) is 18.5. The Kier molecular flexibility index (Phi) is 6.05. The van der Waals surface area contributed by atoms with Crippen molar-refractivity contribution in [1.82, 2.24) is 23.5 Å². The lowest BCUT2D eigenvalue weighted by atomic mass is 9.97. The van der Waals surface area contributed by atoms with Gasteiger partial charge in [0, 0.05) is 50.2 Å². The third-order valence-corrected chi connectivity index (χ3v) is 11.2. The molecule has 12 rings (SSSR count). The van der Waals surface area contributed by atoms with Crippen molar-refractivity contribution in [3.63, 3.8) is 0 Å². The highest BCUT2D eigenvalue weighted by Crippen LogP contribution is 2.40. The van der Waals surface area contributed by atoms with Gasteiger partial charge in [-0.05, 0) is 83.8 Å². The van der Waals surface area contributed by atoms with E-state index in [1.165, 1.54) is 54.7 Å². The zero-order chi connectivity index (χ0) is 35.3. The van der Waals surface area contributed by atoms with Gasteiger partial charge in [-0.3, -0.25) is 4.40 Å². The third-order valence-electron chi connectivity index (χ3n) is 11.2. The second kappa shape index (κ2) is 11.1. The number of hydrogen-bond acceptors (Lipinski definition) is 2. The van der Waals surface area contributed by atoms with Crippen LogP contribution in [-0.2, 0) is 6.42 Å². The molecule has 5 heterocycles.